The third-order valence-electron chi connectivity index (χ3n) is 3.78. The number of hydrogen-bond acceptors (Lipinski definition) is 8. The number of rotatable bonds is 7. The van der Waals surface area contributed by atoms with Crippen molar-refractivity contribution in [3.05, 3.63) is 6.33 Å². The average Bonchev–Trinajstić information content (AvgIpc) is 3.23. The van der Waals surface area contributed by atoms with E-state index < -0.39 is 0 Å². The predicted molar refractivity (Wildman–Crippen MR) is 104 cm³/mol. The van der Waals surface area contributed by atoms with Crippen molar-refractivity contribution in [2.75, 3.05) is 16.3 Å². The van der Waals surface area contributed by atoms with Crippen LogP contribution in [0.1, 0.15) is 19.6 Å². The van der Waals surface area contributed by atoms with Crippen LogP contribution in [0.15, 0.2) is 6.33 Å². The van der Waals surface area contributed by atoms with E-state index in [0.29, 0.717) is 62.3 Å². The van der Waals surface area contributed by atoms with Crippen LogP contribution in [0.5, 0.6) is 5.88 Å². The SMILES string of the molecule is C#CC1CC(COSI)OC1n1cnc2c(OCC)nc([NH][Tl])nc21. The summed E-state index contributed by atoms with van der Waals surface area (Å²) in [5.41, 5.74) is 1.25. The van der Waals surface area contributed by atoms with Crippen LogP contribution in [0.3, 0.4) is 0 Å². The van der Waals surface area contributed by atoms with Gasteiger partial charge in [-0.1, -0.05) is 0 Å². The van der Waals surface area contributed by atoms with Crippen LogP contribution >= 0.6 is 30.4 Å². The molecular formula is C14H15IN5O3STl. The van der Waals surface area contributed by atoms with Gasteiger partial charge in [-0.15, -0.1) is 0 Å². The summed E-state index contributed by atoms with van der Waals surface area (Å²) in [7, 11) is 1.29. The fourth-order valence-corrected chi connectivity index (χ4v) is 3.89. The van der Waals surface area contributed by atoms with Crippen LogP contribution in [-0.2, 0) is 8.92 Å². The zero-order valence-corrected chi connectivity index (χ0v) is 20.8. The third-order valence-corrected chi connectivity index (χ3v) is 5.77. The van der Waals surface area contributed by atoms with Gasteiger partial charge in [-0.05, 0) is 0 Å². The summed E-state index contributed by atoms with van der Waals surface area (Å²) in [5.74, 6) is 3.73. The first kappa shape index (κ1) is 19.4. The van der Waals surface area contributed by atoms with E-state index in [-0.39, 0.29) is 18.2 Å². The van der Waals surface area contributed by atoms with Gasteiger partial charge in [-0.25, -0.2) is 0 Å². The molecule has 3 heterocycles. The Morgan fingerprint density at radius 1 is 1.60 bits per heavy atom. The molecule has 25 heavy (non-hydrogen) atoms. The van der Waals surface area contributed by atoms with Crippen LogP contribution in [0.4, 0.5) is 5.95 Å². The third kappa shape index (κ3) is 4.15. The molecule has 11 heteroatoms. The number of nitrogens with one attached hydrogen (secondary N) is 1. The van der Waals surface area contributed by atoms with Gasteiger partial charge in [-0.2, -0.15) is 0 Å². The first-order valence-electron chi connectivity index (χ1n) is 7.57. The fourth-order valence-electron chi connectivity index (χ4n) is 2.74. The maximum absolute atomic E-state index is 6.12. The summed E-state index contributed by atoms with van der Waals surface area (Å²) in [6.07, 6.45) is 7.75. The molecule has 130 valence electrons. The molecule has 2 aromatic heterocycles. The standard InChI is InChI=1S/C14H15IN5O3S.Tl/c1-3-8-5-9(6-22-24-15)23-13(8)20-7-17-10-11(20)18-14(16)19-12(10)21-4-2;/h1,7-9,13H,4-6H2,2H3,(H-,16,18,19);/q-1;+1. The average molecular weight is 665 g/mol. The van der Waals surface area contributed by atoms with Crippen LogP contribution in [0.2, 0.25) is 0 Å². The second kappa shape index (κ2) is 9.02. The van der Waals surface area contributed by atoms with E-state index >= 15 is 0 Å². The summed E-state index contributed by atoms with van der Waals surface area (Å²) in [5, 5.41) is 0. The first-order chi connectivity index (χ1) is 12.2. The summed E-state index contributed by atoms with van der Waals surface area (Å²) in [4.78, 5) is 13.3. The number of anilines is 1. The number of terminal acetylenes is 1. The maximum atomic E-state index is 6.12. The molecule has 2 aromatic rings. The topological polar surface area (TPSA) is 83.3 Å². The predicted octanol–water partition coefficient (Wildman–Crippen LogP) is 2.27. The number of hydrogen-bond donors (Lipinski definition) is 1. The molecule has 1 N–H and O–H groups in total. The van der Waals surface area contributed by atoms with Crippen molar-refractivity contribution in [2.24, 2.45) is 5.92 Å². The molecule has 1 fully saturated rings. The molecule has 1 saturated heterocycles. The summed E-state index contributed by atoms with van der Waals surface area (Å²) < 4.78 is 22.1. The van der Waals surface area contributed by atoms with Crippen molar-refractivity contribution in [3.8, 4) is 18.2 Å². The Hall–Kier alpha value is -0.368. The quantitative estimate of drug-likeness (QED) is 0.209. The zero-order valence-electron chi connectivity index (χ0n) is 13.4. The van der Waals surface area contributed by atoms with Gasteiger partial charge in [-0.3, -0.25) is 0 Å². The van der Waals surface area contributed by atoms with E-state index in [1.165, 1.54) is 9.21 Å². The van der Waals surface area contributed by atoms with Crippen LogP contribution < -0.4 is 7.86 Å². The monoisotopic (exact) mass is 665 g/mol. The number of imidazole rings is 1. The minimum absolute atomic E-state index is 0.0587. The van der Waals surface area contributed by atoms with Gasteiger partial charge in [0.2, 0.25) is 0 Å². The first-order valence-corrected chi connectivity index (χ1v) is 13.1. The number of ether oxygens (including phenoxy) is 2. The molecule has 0 amide bonds. The minimum atomic E-state index is -0.336. The number of aromatic nitrogens is 4. The Bertz CT molecular complexity index is 786. The Kier molecular flexibility index (Phi) is 7.00. The van der Waals surface area contributed by atoms with Gasteiger partial charge < -0.3 is 0 Å². The van der Waals surface area contributed by atoms with Gasteiger partial charge in [0.05, 0.1) is 0 Å². The molecule has 0 radical (unpaired) electrons. The molecule has 0 aromatic carbocycles. The van der Waals surface area contributed by atoms with Gasteiger partial charge >= 0.3 is 179 Å². The van der Waals surface area contributed by atoms with Gasteiger partial charge in [0, 0.05) is 0 Å². The molecule has 0 saturated carbocycles. The second-order valence-electron chi connectivity index (χ2n) is 5.26. The zero-order chi connectivity index (χ0) is 17.8. The Morgan fingerprint density at radius 3 is 3.12 bits per heavy atom. The summed E-state index contributed by atoms with van der Waals surface area (Å²) in [6.45, 7) is 2.90. The van der Waals surface area contributed by atoms with E-state index in [1.54, 1.807) is 6.33 Å². The Morgan fingerprint density at radius 2 is 2.44 bits per heavy atom. The van der Waals surface area contributed by atoms with E-state index in [1.807, 2.05) is 11.5 Å². The molecule has 0 aliphatic carbocycles. The molecule has 1 aliphatic heterocycles. The van der Waals surface area contributed by atoms with Crippen molar-refractivity contribution < 1.29 is 13.7 Å². The van der Waals surface area contributed by atoms with Gasteiger partial charge in [0.1, 0.15) is 0 Å². The van der Waals surface area contributed by atoms with Crippen LogP contribution in [-0.4, -0.2) is 64.9 Å². The molecule has 3 rings (SSSR count). The molecule has 0 bridgehead atoms. The number of fused-ring (bicyclic) bond motifs is 1. The van der Waals surface area contributed by atoms with E-state index in [9.17, 15) is 0 Å². The normalized spacial score (nSPS) is 22.8. The van der Waals surface area contributed by atoms with E-state index in [0.717, 1.165) is 6.42 Å². The summed E-state index contributed by atoms with van der Waals surface area (Å²) in [6, 6.07) is 0. The van der Waals surface area contributed by atoms with Crippen molar-refractivity contribution in [1.29, 1.82) is 0 Å². The van der Waals surface area contributed by atoms with Crippen LogP contribution in [0, 0.1) is 18.3 Å². The van der Waals surface area contributed by atoms with Crippen molar-refractivity contribution in [2.45, 2.75) is 25.7 Å². The van der Waals surface area contributed by atoms with E-state index in [4.69, 9.17) is 20.1 Å². The Labute approximate surface area is 178 Å². The van der Waals surface area contributed by atoms with Crippen molar-refractivity contribution in [3.63, 3.8) is 0 Å². The fraction of sp³-hybridized carbons (Fsp3) is 0.500. The Balaban J connectivity index is 1.97. The van der Waals surface area contributed by atoms with Crippen molar-refractivity contribution in [1.82, 2.24) is 19.5 Å². The van der Waals surface area contributed by atoms with E-state index in [2.05, 4.69) is 45.2 Å². The number of halogens is 1. The molecule has 3 unspecified atom stereocenters. The molecule has 3 atom stereocenters. The molecule has 0 spiro atoms. The van der Waals surface area contributed by atoms with Gasteiger partial charge in [0.25, 0.3) is 0 Å². The molecular weight excluding hydrogens is 650 g/mol. The molecule has 1 aliphatic rings. The van der Waals surface area contributed by atoms with Crippen molar-refractivity contribution >= 4 is 73.6 Å². The molecule has 8 nitrogen and oxygen atoms in total. The van der Waals surface area contributed by atoms with Gasteiger partial charge in [0.15, 0.2) is 0 Å². The second-order valence-corrected chi connectivity index (χ2v) is 7.82. The number of nitrogens with zero attached hydrogens (tertiary/aromatic N) is 4. The summed E-state index contributed by atoms with van der Waals surface area (Å²) >= 11 is 2.60. The van der Waals surface area contributed by atoms with Crippen LogP contribution in [0.25, 0.3) is 11.2 Å².